The zero-order valence-corrected chi connectivity index (χ0v) is 12.9. The number of carbonyl (C=O) groups excluding carboxylic acids is 1. The first-order valence-electron chi connectivity index (χ1n) is 7.09. The summed E-state index contributed by atoms with van der Waals surface area (Å²) in [5.41, 5.74) is 0. The van der Waals surface area contributed by atoms with Gasteiger partial charge in [-0.3, -0.25) is 9.59 Å². The summed E-state index contributed by atoms with van der Waals surface area (Å²) in [4.78, 5) is 25.6. The van der Waals surface area contributed by atoms with Gasteiger partial charge < -0.3 is 14.7 Å². The lowest BCUT2D eigenvalue weighted by Gasteiger charge is -2.36. The first-order chi connectivity index (χ1) is 10.3. The maximum absolute atomic E-state index is 12.6. The molecule has 1 N–H and O–H groups in total. The summed E-state index contributed by atoms with van der Waals surface area (Å²) in [6.07, 6.45) is 3.52. The van der Waals surface area contributed by atoms with Crippen LogP contribution in [0.25, 0.3) is 0 Å². The molecule has 3 aliphatic heterocycles. The lowest BCUT2D eigenvalue weighted by molar-refractivity contribution is -0.150. The van der Waals surface area contributed by atoms with Gasteiger partial charge in [-0.2, -0.15) is 4.31 Å². The molecule has 2 fully saturated rings. The zero-order valence-electron chi connectivity index (χ0n) is 12.1. The molecule has 0 aromatic heterocycles. The van der Waals surface area contributed by atoms with E-state index in [1.807, 2.05) is 0 Å². The number of amides is 1. The van der Waals surface area contributed by atoms with Crippen LogP contribution in [-0.2, 0) is 24.3 Å². The minimum Gasteiger partial charge on any atom is -0.481 e. The molecule has 3 heterocycles. The van der Waals surface area contributed by atoms with Crippen molar-refractivity contribution in [2.45, 2.75) is 12.2 Å². The SMILES string of the molecule is CS(=O)(=O)N1CCN(C(=O)[C@@H]2[C@@H](C(=O)O)[C@@H]3C=C[C@H]2O3)CC1. The van der Waals surface area contributed by atoms with Crippen LogP contribution in [0.5, 0.6) is 0 Å². The van der Waals surface area contributed by atoms with Crippen LogP contribution in [0.1, 0.15) is 0 Å². The molecule has 2 bridgehead atoms. The van der Waals surface area contributed by atoms with E-state index in [-0.39, 0.29) is 32.1 Å². The number of aliphatic carboxylic acids is 1. The third-order valence-electron chi connectivity index (χ3n) is 4.49. The lowest BCUT2D eigenvalue weighted by atomic mass is 9.82. The molecule has 0 aromatic carbocycles. The molecule has 122 valence electrons. The molecule has 0 aliphatic carbocycles. The number of hydrogen-bond donors (Lipinski definition) is 1. The van der Waals surface area contributed by atoms with Crippen LogP contribution < -0.4 is 0 Å². The van der Waals surface area contributed by atoms with Crippen molar-refractivity contribution >= 4 is 21.9 Å². The van der Waals surface area contributed by atoms with Crippen LogP contribution in [0, 0.1) is 11.8 Å². The van der Waals surface area contributed by atoms with Gasteiger partial charge in [0.25, 0.3) is 0 Å². The van der Waals surface area contributed by atoms with Gasteiger partial charge in [-0.25, -0.2) is 8.42 Å². The number of carboxylic acid groups (broad SMARTS) is 1. The van der Waals surface area contributed by atoms with Gasteiger partial charge in [0.15, 0.2) is 0 Å². The quantitative estimate of drug-likeness (QED) is 0.648. The van der Waals surface area contributed by atoms with Crippen molar-refractivity contribution in [3.8, 4) is 0 Å². The summed E-state index contributed by atoms with van der Waals surface area (Å²) in [6.45, 7) is 1.02. The molecule has 8 nitrogen and oxygen atoms in total. The molecule has 1 amide bonds. The number of sulfonamides is 1. The van der Waals surface area contributed by atoms with E-state index in [0.29, 0.717) is 0 Å². The van der Waals surface area contributed by atoms with Gasteiger partial charge in [-0.15, -0.1) is 0 Å². The Balaban J connectivity index is 1.70. The van der Waals surface area contributed by atoms with Crippen LogP contribution in [0.15, 0.2) is 12.2 Å². The molecule has 0 unspecified atom stereocenters. The second-order valence-corrected chi connectivity index (χ2v) is 7.81. The number of fused-ring (bicyclic) bond motifs is 2. The molecule has 0 radical (unpaired) electrons. The van der Waals surface area contributed by atoms with E-state index >= 15 is 0 Å². The highest BCUT2D eigenvalue weighted by atomic mass is 32.2. The van der Waals surface area contributed by atoms with Gasteiger partial charge in [-0.1, -0.05) is 12.2 Å². The fraction of sp³-hybridized carbons (Fsp3) is 0.692. The van der Waals surface area contributed by atoms with E-state index in [0.717, 1.165) is 6.26 Å². The van der Waals surface area contributed by atoms with E-state index in [9.17, 15) is 23.1 Å². The molecule has 9 heteroatoms. The minimum absolute atomic E-state index is 0.236. The third-order valence-corrected chi connectivity index (χ3v) is 5.79. The fourth-order valence-corrected chi connectivity index (χ4v) is 4.17. The molecule has 4 atom stereocenters. The average molecular weight is 330 g/mol. The Morgan fingerprint density at radius 2 is 1.64 bits per heavy atom. The average Bonchev–Trinajstić information content (AvgIpc) is 3.06. The fourth-order valence-electron chi connectivity index (χ4n) is 3.35. The van der Waals surface area contributed by atoms with Crippen molar-refractivity contribution in [1.29, 1.82) is 0 Å². The summed E-state index contributed by atoms with van der Waals surface area (Å²) >= 11 is 0. The molecule has 3 rings (SSSR count). The summed E-state index contributed by atoms with van der Waals surface area (Å²) in [6, 6.07) is 0. The Morgan fingerprint density at radius 1 is 1.09 bits per heavy atom. The van der Waals surface area contributed by atoms with Gasteiger partial charge in [0.2, 0.25) is 15.9 Å². The van der Waals surface area contributed by atoms with Gasteiger partial charge >= 0.3 is 5.97 Å². The zero-order chi connectivity index (χ0) is 16.1. The first kappa shape index (κ1) is 15.4. The second kappa shape index (κ2) is 5.32. The third kappa shape index (κ3) is 2.53. The van der Waals surface area contributed by atoms with E-state index < -0.39 is 40.0 Å². The van der Waals surface area contributed by atoms with Crippen LogP contribution >= 0.6 is 0 Å². The van der Waals surface area contributed by atoms with Crippen LogP contribution in [0.4, 0.5) is 0 Å². The Bertz CT molecular complexity index is 622. The molecule has 0 spiro atoms. The summed E-state index contributed by atoms with van der Waals surface area (Å²) in [5, 5.41) is 9.33. The van der Waals surface area contributed by atoms with Crippen LogP contribution in [0.3, 0.4) is 0 Å². The highest BCUT2D eigenvalue weighted by Crippen LogP contribution is 2.40. The Morgan fingerprint density at radius 3 is 2.14 bits per heavy atom. The van der Waals surface area contributed by atoms with Gasteiger partial charge in [0.1, 0.15) is 5.92 Å². The van der Waals surface area contributed by atoms with E-state index in [4.69, 9.17) is 4.74 Å². The van der Waals surface area contributed by atoms with Crippen molar-refractivity contribution in [2.24, 2.45) is 11.8 Å². The highest BCUT2D eigenvalue weighted by Gasteiger charge is 2.54. The number of carbonyl (C=O) groups is 2. The number of nitrogens with zero attached hydrogens (tertiary/aromatic N) is 2. The maximum Gasteiger partial charge on any atom is 0.310 e. The van der Waals surface area contributed by atoms with Crippen molar-refractivity contribution in [3.05, 3.63) is 12.2 Å². The van der Waals surface area contributed by atoms with Gasteiger partial charge in [0.05, 0.1) is 24.4 Å². The number of rotatable bonds is 3. The first-order valence-corrected chi connectivity index (χ1v) is 8.94. The molecular formula is C13H18N2O6S. The monoisotopic (exact) mass is 330 g/mol. The Labute approximate surface area is 128 Å². The van der Waals surface area contributed by atoms with E-state index in [1.54, 1.807) is 17.1 Å². The molecule has 22 heavy (non-hydrogen) atoms. The highest BCUT2D eigenvalue weighted by molar-refractivity contribution is 7.88. The summed E-state index contributed by atoms with van der Waals surface area (Å²) < 4.78 is 29.8. The normalized spacial score (nSPS) is 35.0. The maximum atomic E-state index is 12.6. The van der Waals surface area contributed by atoms with E-state index in [2.05, 4.69) is 0 Å². The topological polar surface area (TPSA) is 104 Å². The number of ether oxygens (including phenoxy) is 1. The van der Waals surface area contributed by atoms with Crippen molar-refractivity contribution < 1.29 is 27.9 Å². The van der Waals surface area contributed by atoms with Crippen molar-refractivity contribution in [1.82, 2.24) is 9.21 Å². The Kier molecular flexibility index (Phi) is 3.74. The molecule has 0 saturated carbocycles. The van der Waals surface area contributed by atoms with E-state index in [1.165, 1.54) is 4.31 Å². The Hall–Kier alpha value is -1.45. The predicted octanol–water partition coefficient (Wildman–Crippen LogP) is -1.26. The standard InChI is InChI=1S/C13H18N2O6S/c1-22(19,20)15-6-4-14(5-7-15)12(16)10-8-2-3-9(21-8)11(10)13(17)18/h2-3,8-11H,4-7H2,1H3,(H,17,18)/t8-,9+,10+,11+/m1/s1. The molecule has 0 aromatic rings. The second-order valence-electron chi connectivity index (χ2n) is 5.83. The van der Waals surface area contributed by atoms with Crippen LogP contribution in [-0.4, -0.2) is 79.2 Å². The molecule has 3 aliphatic rings. The predicted molar refractivity (Wildman–Crippen MR) is 75.4 cm³/mol. The number of carboxylic acids is 1. The number of piperazine rings is 1. The number of hydrogen-bond acceptors (Lipinski definition) is 5. The van der Waals surface area contributed by atoms with Gasteiger partial charge in [-0.05, 0) is 0 Å². The molecule has 2 saturated heterocycles. The summed E-state index contributed by atoms with van der Waals surface area (Å²) in [5.74, 6) is -2.89. The smallest absolute Gasteiger partial charge is 0.310 e. The summed E-state index contributed by atoms with van der Waals surface area (Å²) in [7, 11) is -3.26. The van der Waals surface area contributed by atoms with Gasteiger partial charge in [0, 0.05) is 26.2 Å². The van der Waals surface area contributed by atoms with Crippen molar-refractivity contribution in [2.75, 3.05) is 32.4 Å². The van der Waals surface area contributed by atoms with Crippen LogP contribution in [0.2, 0.25) is 0 Å². The minimum atomic E-state index is -3.26. The molecular weight excluding hydrogens is 312 g/mol. The van der Waals surface area contributed by atoms with Crippen molar-refractivity contribution in [3.63, 3.8) is 0 Å². The lowest BCUT2D eigenvalue weighted by Crippen LogP contribution is -2.53. The largest absolute Gasteiger partial charge is 0.481 e.